The summed E-state index contributed by atoms with van der Waals surface area (Å²) in [6.07, 6.45) is 0.282. The second-order valence-electron chi connectivity index (χ2n) is 6.48. The topological polar surface area (TPSA) is 32.7 Å². The third-order valence-electron chi connectivity index (χ3n) is 4.25. The van der Waals surface area contributed by atoms with E-state index >= 15 is 0 Å². The molecule has 3 heteroatoms. The molecule has 2 aromatic carbocycles. The molecule has 1 N–H and O–H groups in total. The number of rotatable bonds is 4. The molecule has 0 saturated carbocycles. The Hall–Kier alpha value is -1.84. The molecule has 3 nitrogen and oxygen atoms in total. The quantitative estimate of drug-likeness (QED) is 0.942. The third-order valence-corrected chi connectivity index (χ3v) is 4.25. The first-order chi connectivity index (χ1) is 10.5. The van der Waals surface area contributed by atoms with Crippen molar-refractivity contribution in [1.82, 2.24) is 4.90 Å². The average Bonchev–Trinajstić information content (AvgIpc) is 2.72. The largest absolute Gasteiger partial charge is 0.482 e. The summed E-state index contributed by atoms with van der Waals surface area (Å²) in [4.78, 5) is 2.01. The van der Waals surface area contributed by atoms with Crippen LogP contribution in [0.25, 0.3) is 0 Å². The smallest absolute Gasteiger partial charge is 0.154 e. The Labute approximate surface area is 132 Å². The van der Waals surface area contributed by atoms with E-state index in [0.717, 1.165) is 16.9 Å². The fourth-order valence-corrected chi connectivity index (χ4v) is 3.34. The van der Waals surface area contributed by atoms with Crippen molar-refractivity contribution in [2.45, 2.75) is 25.0 Å². The zero-order valence-corrected chi connectivity index (χ0v) is 13.4. The zero-order chi connectivity index (χ0) is 15.7. The maximum Gasteiger partial charge on any atom is 0.154 e. The van der Waals surface area contributed by atoms with E-state index < -0.39 is 5.60 Å². The molecule has 1 aliphatic carbocycles. The molecule has 0 radical (unpaired) electrons. The second-order valence-corrected chi connectivity index (χ2v) is 6.48. The van der Waals surface area contributed by atoms with Crippen molar-refractivity contribution in [3.8, 4) is 5.75 Å². The predicted molar refractivity (Wildman–Crippen MR) is 88.2 cm³/mol. The first kappa shape index (κ1) is 15.1. The Morgan fingerprint density at radius 2 is 1.82 bits per heavy atom. The average molecular weight is 297 g/mol. The number of benzene rings is 2. The minimum atomic E-state index is -0.907. The van der Waals surface area contributed by atoms with Crippen LogP contribution < -0.4 is 4.74 Å². The van der Waals surface area contributed by atoms with Crippen LogP contribution in [0.2, 0.25) is 0 Å². The van der Waals surface area contributed by atoms with E-state index in [-0.39, 0.29) is 6.10 Å². The van der Waals surface area contributed by atoms with Gasteiger partial charge in [0.1, 0.15) is 11.4 Å². The van der Waals surface area contributed by atoms with Crippen LogP contribution in [0.1, 0.15) is 22.8 Å². The maximum absolute atomic E-state index is 11.2. The van der Waals surface area contributed by atoms with Gasteiger partial charge in [0, 0.05) is 13.0 Å². The van der Waals surface area contributed by atoms with Crippen LogP contribution in [-0.2, 0) is 6.42 Å². The Morgan fingerprint density at radius 3 is 2.55 bits per heavy atom. The number of para-hydroxylation sites is 1. The monoisotopic (exact) mass is 297 g/mol. The highest BCUT2D eigenvalue weighted by molar-refractivity contribution is 5.41. The van der Waals surface area contributed by atoms with Crippen molar-refractivity contribution in [3.05, 3.63) is 65.2 Å². The normalized spacial score (nSPS) is 23.6. The number of hydrogen-bond acceptors (Lipinski definition) is 3. The summed E-state index contributed by atoms with van der Waals surface area (Å²) in [6.45, 7) is 2.60. The van der Waals surface area contributed by atoms with Crippen LogP contribution >= 0.6 is 0 Å². The summed E-state index contributed by atoms with van der Waals surface area (Å²) < 4.78 is 6.27. The van der Waals surface area contributed by atoms with Gasteiger partial charge in [-0.1, -0.05) is 42.5 Å². The summed E-state index contributed by atoms with van der Waals surface area (Å²) in [5.74, 6) is 0.835. The molecule has 0 heterocycles. The molecule has 0 aliphatic heterocycles. The van der Waals surface area contributed by atoms with E-state index in [2.05, 4.69) is 12.1 Å². The van der Waals surface area contributed by atoms with Crippen LogP contribution in [0.15, 0.2) is 48.5 Å². The number of likely N-dealkylation sites (N-methyl/N-ethyl adjacent to an activating group) is 1. The van der Waals surface area contributed by atoms with Crippen molar-refractivity contribution in [2.24, 2.45) is 0 Å². The lowest BCUT2D eigenvalue weighted by Gasteiger charge is -2.33. The molecule has 0 fully saturated rings. The fourth-order valence-electron chi connectivity index (χ4n) is 3.34. The molecule has 116 valence electrons. The number of nitrogens with zero attached hydrogens (tertiary/aromatic N) is 1. The van der Waals surface area contributed by atoms with Gasteiger partial charge in [0.05, 0.1) is 0 Å². The molecular weight excluding hydrogens is 274 g/mol. The molecular formula is C19H23NO2. The lowest BCUT2D eigenvalue weighted by atomic mass is 9.96. The Morgan fingerprint density at radius 1 is 1.14 bits per heavy atom. The third kappa shape index (κ3) is 2.74. The van der Waals surface area contributed by atoms with Crippen molar-refractivity contribution < 1.29 is 9.84 Å². The van der Waals surface area contributed by atoms with E-state index in [0.29, 0.717) is 13.0 Å². The van der Waals surface area contributed by atoms with E-state index in [9.17, 15) is 5.11 Å². The Balaban J connectivity index is 1.98. The first-order valence-electron chi connectivity index (χ1n) is 7.67. The van der Waals surface area contributed by atoms with Gasteiger partial charge in [0.25, 0.3) is 0 Å². The molecule has 0 amide bonds. The van der Waals surface area contributed by atoms with Crippen molar-refractivity contribution in [2.75, 3.05) is 20.6 Å². The molecule has 22 heavy (non-hydrogen) atoms. The van der Waals surface area contributed by atoms with Gasteiger partial charge in [-0.05, 0) is 43.8 Å². The SMILES string of the molecule is Cc1ccccc1O[C@H]1c2ccccc2C[C@@]1(O)CN(C)C. The van der Waals surface area contributed by atoms with Gasteiger partial charge in [-0.25, -0.2) is 0 Å². The highest BCUT2D eigenvalue weighted by Crippen LogP contribution is 2.43. The molecule has 0 spiro atoms. The molecule has 1 aliphatic rings. The van der Waals surface area contributed by atoms with E-state index in [4.69, 9.17) is 4.74 Å². The highest BCUT2D eigenvalue weighted by atomic mass is 16.5. The fraction of sp³-hybridized carbons (Fsp3) is 0.368. The van der Waals surface area contributed by atoms with E-state index in [1.165, 1.54) is 5.56 Å². The van der Waals surface area contributed by atoms with E-state index in [1.54, 1.807) is 0 Å². The predicted octanol–water partition coefficient (Wildman–Crippen LogP) is 2.96. The molecule has 0 unspecified atom stereocenters. The summed E-state index contributed by atoms with van der Waals surface area (Å²) >= 11 is 0. The lowest BCUT2D eigenvalue weighted by Crippen LogP contribution is -2.45. The van der Waals surface area contributed by atoms with Gasteiger partial charge in [-0.2, -0.15) is 0 Å². The molecule has 0 aromatic heterocycles. The van der Waals surface area contributed by atoms with Gasteiger partial charge in [0.15, 0.2) is 6.10 Å². The lowest BCUT2D eigenvalue weighted by molar-refractivity contribution is -0.0652. The van der Waals surface area contributed by atoms with Crippen LogP contribution in [0, 0.1) is 6.92 Å². The summed E-state index contributed by atoms with van der Waals surface area (Å²) in [6, 6.07) is 16.1. The van der Waals surface area contributed by atoms with Gasteiger partial charge in [-0.15, -0.1) is 0 Å². The minimum Gasteiger partial charge on any atom is -0.482 e. The molecule has 2 aromatic rings. The second kappa shape index (κ2) is 5.75. The number of aliphatic hydroxyl groups is 1. The van der Waals surface area contributed by atoms with Crippen molar-refractivity contribution >= 4 is 0 Å². The molecule has 2 atom stereocenters. The van der Waals surface area contributed by atoms with Gasteiger partial charge in [-0.3, -0.25) is 0 Å². The highest BCUT2D eigenvalue weighted by Gasteiger charge is 2.46. The summed E-state index contributed by atoms with van der Waals surface area (Å²) in [7, 11) is 3.96. The number of ether oxygens (including phenoxy) is 1. The first-order valence-corrected chi connectivity index (χ1v) is 7.67. The number of aryl methyl sites for hydroxylation is 1. The molecule has 0 saturated heterocycles. The number of fused-ring (bicyclic) bond motifs is 1. The summed E-state index contributed by atoms with van der Waals surface area (Å²) in [5, 5.41) is 11.2. The van der Waals surface area contributed by atoms with Crippen molar-refractivity contribution in [3.63, 3.8) is 0 Å². The van der Waals surface area contributed by atoms with Gasteiger partial charge >= 0.3 is 0 Å². The Bertz CT molecular complexity index is 668. The van der Waals surface area contributed by atoms with Crippen LogP contribution in [-0.4, -0.2) is 36.2 Å². The van der Waals surface area contributed by atoms with Crippen LogP contribution in [0.3, 0.4) is 0 Å². The maximum atomic E-state index is 11.2. The van der Waals surface area contributed by atoms with Crippen molar-refractivity contribution in [1.29, 1.82) is 0 Å². The molecule has 0 bridgehead atoms. The van der Waals surface area contributed by atoms with Crippen LogP contribution in [0.5, 0.6) is 5.75 Å². The standard InChI is InChI=1S/C19H23NO2/c1-14-8-4-7-11-17(14)22-18-16-10-6-5-9-15(16)12-19(18,21)13-20(2)3/h4-11,18,21H,12-13H2,1-3H3/t18-,19+/m0/s1. The van der Waals surface area contributed by atoms with Crippen LogP contribution in [0.4, 0.5) is 0 Å². The zero-order valence-electron chi connectivity index (χ0n) is 13.4. The van der Waals surface area contributed by atoms with Gasteiger partial charge < -0.3 is 14.7 Å². The number of hydrogen-bond donors (Lipinski definition) is 1. The Kier molecular flexibility index (Phi) is 3.94. The van der Waals surface area contributed by atoms with Gasteiger partial charge in [0.2, 0.25) is 0 Å². The minimum absolute atomic E-state index is 0.341. The van der Waals surface area contributed by atoms with E-state index in [1.807, 2.05) is 62.3 Å². The summed E-state index contributed by atoms with van der Waals surface area (Å²) in [5.41, 5.74) is 2.44. The molecule has 3 rings (SSSR count).